The lowest BCUT2D eigenvalue weighted by Gasteiger charge is -2.39. The first-order valence-electron chi connectivity index (χ1n) is 8.59. The normalized spacial score (nSPS) is 16.8. The summed E-state index contributed by atoms with van der Waals surface area (Å²) in [6.45, 7) is 3.82. The lowest BCUT2D eigenvalue weighted by atomic mass is 9.75. The molecule has 0 bridgehead atoms. The summed E-state index contributed by atoms with van der Waals surface area (Å²) in [5.74, 6) is 1.45. The number of piperidine rings is 1. The summed E-state index contributed by atoms with van der Waals surface area (Å²) in [5, 5.41) is 4.15. The fraction of sp³-hybridized carbons (Fsp3) is 0.556. The molecule has 7 nitrogen and oxygen atoms in total. The van der Waals surface area contributed by atoms with E-state index in [9.17, 15) is 4.79 Å². The Morgan fingerprint density at radius 1 is 1.40 bits per heavy atom. The number of nitrogens with zero attached hydrogens (tertiary/aromatic N) is 4. The van der Waals surface area contributed by atoms with Crippen LogP contribution in [-0.2, 0) is 21.4 Å². The number of pyridine rings is 1. The second kappa shape index (κ2) is 7.74. The van der Waals surface area contributed by atoms with Crippen LogP contribution in [-0.4, -0.2) is 52.7 Å². The molecule has 1 aliphatic heterocycles. The molecule has 2 aromatic heterocycles. The number of ether oxygens (including phenoxy) is 1. The number of rotatable bonds is 6. The number of likely N-dealkylation sites (tertiary alicyclic amines) is 1. The van der Waals surface area contributed by atoms with Gasteiger partial charge in [0, 0.05) is 51.5 Å². The maximum Gasteiger partial charge on any atom is 0.227 e. The Kier molecular flexibility index (Phi) is 5.43. The van der Waals surface area contributed by atoms with Gasteiger partial charge in [0.25, 0.3) is 0 Å². The Morgan fingerprint density at radius 2 is 2.20 bits per heavy atom. The predicted molar refractivity (Wildman–Crippen MR) is 91.0 cm³/mol. The van der Waals surface area contributed by atoms with Gasteiger partial charge in [-0.3, -0.25) is 9.78 Å². The zero-order chi connectivity index (χ0) is 17.7. The van der Waals surface area contributed by atoms with Gasteiger partial charge in [-0.1, -0.05) is 11.2 Å². The van der Waals surface area contributed by atoms with Crippen LogP contribution in [0, 0.1) is 6.92 Å². The van der Waals surface area contributed by atoms with Crippen molar-refractivity contribution in [3.05, 3.63) is 41.8 Å². The van der Waals surface area contributed by atoms with Crippen molar-refractivity contribution in [1.29, 1.82) is 0 Å². The summed E-state index contributed by atoms with van der Waals surface area (Å²) in [7, 11) is 1.70. The average Bonchev–Trinajstić information content (AvgIpc) is 3.08. The van der Waals surface area contributed by atoms with Gasteiger partial charge in [0.1, 0.15) is 0 Å². The van der Waals surface area contributed by atoms with Crippen LogP contribution in [0.1, 0.15) is 36.5 Å². The van der Waals surface area contributed by atoms with Gasteiger partial charge >= 0.3 is 0 Å². The van der Waals surface area contributed by atoms with E-state index in [1.54, 1.807) is 26.4 Å². The lowest BCUT2D eigenvalue weighted by Crippen LogP contribution is -2.46. The summed E-state index contributed by atoms with van der Waals surface area (Å²) in [6, 6.07) is 3.78. The molecule has 1 fully saturated rings. The van der Waals surface area contributed by atoms with Crippen LogP contribution in [0.4, 0.5) is 0 Å². The molecular formula is C18H24N4O3. The molecular weight excluding hydrogens is 320 g/mol. The first kappa shape index (κ1) is 17.5. The molecule has 134 valence electrons. The maximum atomic E-state index is 12.6. The topological polar surface area (TPSA) is 81.4 Å². The number of amides is 1. The van der Waals surface area contributed by atoms with Gasteiger partial charge in [0.05, 0.1) is 6.42 Å². The van der Waals surface area contributed by atoms with E-state index in [4.69, 9.17) is 9.26 Å². The highest BCUT2D eigenvalue weighted by Crippen LogP contribution is 2.37. The molecule has 3 heterocycles. The van der Waals surface area contributed by atoms with Crippen LogP contribution < -0.4 is 0 Å². The van der Waals surface area contributed by atoms with Gasteiger partial charge in [-0.15, -0.1) is 0 Å². The molecule has 0 unspecified atom stereocenters. The second-order valence-corrected chi connectivity index (χ2v) is 6.58. The molecule has 25 heavy (non-hydrogen) atoms. The number of methoxy groups -OCH3 is 1. The van der Waals surface area contributed by atoms with E-state index in [0.29, 0.717) is 32.0 Å². The maximum absolute atomic E-state index is 12.6. The summed E-state index contributed by atoms with van der Waals surface area (Å²) < 4.78 is 10.5. The van der Waals surface area contributed by atoms with Crippen LogP contribution >= 0.6 is 0 Å². The van der Waals surface area contributed by atoms with E-state index in [2.05, 4.69) is 15.1 Å². The molecule has 0 atom stereocenters. The highest BCUT2D eigenvalue weighted by atomic mass is 16.5. The van der Waals surface area contributed by atoms with E-state index in [-0.39, 0.29) is 11.3 Å². The first-order chi connectivity index (χ1) is 12.1. The van der Waals surface area contributed by atoms with E-state index >= 15 is 0 Å². The third-order valence-electron chi connectivity index (χ3n) is 4.94. The van der Waals surface area contributed by atoms with Crippen LogP contribution in [0.3, 0.4) is 0 Å². The number of carbonyl (C=O) groups is 1. The summed E-state index contributed by atoms with van der Waals surface area (Å²) in [6.07, 6.45) is 6.30. The van der Waals surface area contributed by atoms with Crippen molar-refractivity contribution in [2.45, 2.75) is 38.0 Å². The number of hydrogen-bond acceptors (Lipinski definition) is 6. The smallest absolute Gasteiger partial charge is 0.227 e. The van der Waals surface area contributed by atoms with Crippen molar-refractivity contribution in [1.82, 2.24) is 20.0 Å². The van der Waals surface area contributed by atoms with Crippen LogP contribution in [0.15, 0.2) is 29.0 Å². The van der Waals surface area contributed by atoms with Gasteiger partial charge < -0.3 is 14.2 Å². The third-order valence-corrected chi connectivity index (χ3v) is 4.94. The molecule has 2 aromatic rings. The molecule has 0 aliphatic carbocycles. The second-order valence-electron chi connectivity index (χ2n) is 6.58. The fourth-order valence-corrected chi connectivity index (χ4v) is 3.37. The van der Waals surface area contributed by atoms with Crippen LogP contribution in [0.5, 0.6) is 0 Å². The molecule has 1 aliphatic rings. The zero-order valence-corrected chi connectivity index (χ0v) is 14.8. The first-order valence-corrected chi connectivity index (χ1v) is 8.59. The van der Waals surface area contributed by atoms with Gasteiger partial charge in [-0.2, -0.15) is 4.98 Å². The molecule has 3 rings (SSSR count). The minimum atomic E-state index is -0.182. The van der Waals surface area contributed by atoms with Crippen molar-refractivity contribution in [3.63, 3.8) is 0 Å². The number of aryl methyl sites for hydroxylation is 1. The lowest BCUT2D eigenvalue weighted by molar-refractivity contribution is -0.132. The van der Waals surface area contributed by atoms with Crippen LogP contribution in [0.2, 0.25) is 0 Å². The molecule has 0 aromatic carbocycles. The highest BCUT2D eigenvalue weighted by molar-refractivity contribution is 5.78. The Labute approximate surface area is 147 Å². The SMILES string of the molecule is COCCC1(c2noc(C)n2)CCN(C(=O)Cc2cccnc2)CC1. The molecule has 0 radical (unpaired) electrons. The van der Waals surface area contributed by atoms with Crippen molar-refractivity contribution >= 4 is 5.91 Å². The number of aromatic nitrogens is 3. The van der Waals surface area contributed by atoms with Crippen molar-refractivity contribution in [2.24, 2.45) is 0 Å². The summed E-state index contributed by atoms with van der Waals surface area (Å²) in [5.41, 5.74) is 0.760. The van der Waals surface area contributed by atoms with Crippen molar-refractivity contribution < 1.29 is 14.1 Å². The fourth-order valence-electron chi connectivity index (χ4n) is 3.37. The van der Waals surface area contributed by atoms with E-state index in [0.717, 1.165) is 30.7 Å². The van der Waals surface area contributed by atoms with Crippen molar-refractivity contribution in [3.8, 4) is 0 Å². The number of carbonyl (C=O) groups excluding carboxylic acids is 1. The standard InChI is InChI=1S/C18H24N4O3/c1-14-20-17(21-25-14)18(7-11-24-2)5-9-22(10-6-18)16(23)12-15-4-3-8-19-13-15/h3-4,8,13H,5-7,9-12H2,1-2H3. The van der Waals surface area contributed by atoms with Crippen LogP contribution in [0.25, 0.3) is 0 Å². The van der Waals surface area contributed by atoms with Gasteiger partial charge in [0.2, 0.25) is 11.8 Å². The van der Waals surface area contributed by atoms with Gasteiger partial charge in [-0.25, -0.2) is 0 Å². The Hall–Kier alpha value is -2.28. The van der Waals surface area contributed by atoms with Crippen molar-refractivity contribution in [2.75, 3.05) is 26.8 Å². The minimum absolute atomic E-state index is 0.137. The highest BCUT2D eigenvalue weighted by Gasteiger charge is 2.40. The minimum Gasteiger partial charge on any atom is -0.385 e. The summed E-state index contributed by atoms with van der Waals surface area (Å²) in [4.78, 5) is 23.0. The summed E-state index contributed by atoms with van der Waals surface area (Å²) >= 11 is 0. The third kappa shape index (κ3) is 4.04. The number of hydrogen-bond donors (Lipinski definition) is 0. The molecule has 0 N–H and O–H groups in total. The zero-order valence-electron chi connectivity index (χ0n) is 14.8. The van der Waals surface area contributed by atoms with Gasteiger partial charge in [0.15, 0.2) is 5.82 Å². The molecule has 0 saturated carbocycles. The largest absolute Gasteiger partial charge is 0.385 e. The van der Waals surface area contributed by atoms with E-state index in [1.165, 1.54) is 0 Å². The van der Waals surface area contributed by atoms with Gasteiger partial charge in [-0.05, 0) is 30.9 Å². The quantitative estimate of drug-likeness (QED) is 0.796. The molecule has 7 heteroatoms. The Morgan fingerprint density at radius 3 is 2.80 bits per heavy atom. The average molecular weight is 344 g/mol. The molecule has 0 spiro atoms. The molecule has 1 saturated heterocycles. The van der Waals surface area contributed by atoms with E-state index < -0.39 is 0 Å². The monoisotopic (exact) mass is 344 g/mol. The Balaban J connectivity index is 1.66. The molecule has 1 amide bonds. The Bertz CT molecular complexity index is 693. The predicted octanol–water partition coefficient (Wildman–Crippen LogP) is 1.91. The van der Waals surface area contributed by atoms with E-state index in [1.807, 2.05) is 17.0 Å².